The van der Waals surface area contributed by atoms with Gasteiger partial charge in [-0.2, -0.15) is 0 Å². The van der Waals surface area contributed by atoms with Crippen molar-refractivity contribution < 1.29 is 5.48 Å². The standard InChI is InChI=1S/C20H42.H2O/c1-4-5-6-7-8-9-10-11-12-13-14-15-16-17-18-19-20(2)3;/h20H,4-19H2,1-3H3;1H2. The molecule has 21 heavy (non-hydrogen) atoms. The van der Waals surface area contributed by atoms with Gasteiger partial charge in [0.1, 0.15) is 0 Å². The van der Waals surface area contributed by atoms with Crippen molar-refractivity contribution in [2.45, 2.75) is 124 Å². The smallest absolute Gasteiger partial charge is 0.0471 e. The van der Waals surface area contributed by atoms with Crippen LogP contribution in [-0.2, 0) is 0 Å². The van der Waals surface area contributed by atoms with Crippen LogP contribution in [0, 0.1) is 5.92 Å². The summed E-state index contributed by atoms with van der Waals surface area (Å²) >= 11 is 0. The van der Waals surface area contributed by atoms with Crippen molar-refractivity contribution in [3.05, 3.63) is 0 Å². The zero-order chi connectivity index (χ0) is 14.9. The fourth-order valence-electron chi connectivity index (χ4n) is 2.92. The van der Waals surface area contributed by atoms with E-state index in [1.165, 1.54) is 103 Å². The molecule has 130 valence electrons. The zero-order valence-corrected chi connectivity index (χ0v) is 15.4. The molecule has 0 heterocycles. The summed E-state index contributed by atoms with van der Waals surface area (Å²) in [5, 5.41) is 0. The molecule has 0 aliphatic heterocycles. The van der Waals surface area contributed by atoms with Gasteiger partial charge in [-0.25, -0.2) is 0 Å². The molecule has 1 heteroatoms. The molecule has 0 spiro atoms. The molecule has 0 aliphatic carbocycles. The molecule has 2 N–H and O–H groups in total. The quantitative estimate of drug-likeness (QED) is 0.273. The minimum absolute atomic E-state index is 0. The van der Waals surface area contributed by atoms with Gasteiger partial charge in [-0.15, -0.1) is 0 Å². The molecule has 0 unspecified atom stereocenters. The molecule has 0 atom stereocenters. The average molecular weight is 301 g/mol. The van der Waals surface area contributed by atoms with Gasteiger partial charge in [-0.3, -0.25) is 0 Å². The molecule has 0 fully saturated rings. The predicted molar refractivity (Wildman–Crippen MR) is 98.0 cm³/mol. The minimum Gasteiger partial charge on any atom is -0.412 e. The summed E-state index contributed by atoms with van der Waals surface area (Å²) in [5.74, 6) is 0.900. The Balaban J connectivity index is 0. The molecule has 0 aliphatic rings. The SMILES string of the molecule is CCCCCCCCCCCCCCCCCC(C)C.O. The van der Waals surface area contributed by atoms with E-state index in [-0.39, 0.29) is 5.48 Å². The van der Waals surface area contributed by atoms with Crippen molar-refractivity contribution in [1.29, 1.82) is 0 Å². The van der Waals surface area contributed by atoms with Gasteiger partial charge in [0, 0.05) is 0 Å². The summed E-state index contributed by atoms with van der Waals surface area (Å²) in [6, 6.07) is 0. The van der Waals surface area contributed by atoms with Crippen LogP contribution in [0.4, 0.5) is 0 Å². The van der Waals surface area contributed by atoms with Gasteiger partial charge in [0.05, 0.1) is 0 Å². The minimum atomic E-state index is 0. The van der Waals surface area contributed by atoms with Crippen molar-refractivity contribution in [2.24, 2.45) is 5.92 Å². The average Bonchev–Trinajstić information content (AvgIpc) is 2.43. The lowest BCUT2D eigenvalue weighted by Crippen LogP contribution is -1.87. The normalized spacial score (nSPS) is 10.9. The lowest BCUT2D eigenvalue weighted by atomic mass is 10.0. The van der Waals surface area contributed by atoms with Crippen LogP contribution in [-0.4, -0.2) is 5.48 Å². The molecule has 0 radical (unpaired) electrons. The number of unbranched alkanes of at least 4 members (excludes halogenated alkanes) is 14. The molecule has 0 bridgehead atoms. The van der Waals surface area contributed by atoms with Crippen LogP contribution < -0.4 is 0 Å². The van der Waals surface area contributed by atoms with Crippen molar-refractivity contribution in [3.8, 4) is 0 Å². The largest absolute Gasteiger partial charge is 0.412 e. The first-order chi connectivity index (χ1) is 9.77. The second-order valence-electron chi connectivity index (χ2n) is 7.13. The molecular weight excluding hydrogens is 256 g/mol. The Morgan fingerprint density at radius 3 is 1.05 bits per heavy atom. The van der Waals surface area contributed by atoms with Crippen molar-refractivity contribution >= 4 is 0 Å². The maximum absolute atomic E-state index is 2.34. The zero-order valence-electron chi connectivity index (χ0n) is 15.4. The molecule has 0 rings (SSSR count). The fourth-order valence-corrected chi connectivity index (χ4v) is 2.92. The highest BCUT2D eigenvalue weighted by Crippen LogP contribution is 2.14. The molecule has 0 aromatic carbocycles. The highest BCUT2D eigenvalue weighted by molar-refractivity contribution is 4.50. The Kier molecular flexibility index (Phi) is 22.1. The second-order valence-corrected chi connectivity index (χ2v) is 7.13. The van der Waals surface area contributed by atoms with E-state index >= 15 is 0 Å². The summed E-state index contributed by atoms with van der Waals surface area (Å²) < 4.78 is 0. The summed E-state index contributed by atoms with van der Waals surface area (Å²) in [7, 11) is 0. The van der Waals surface area contributed by atoms with Gasteiger partial charge in [-0.1, -0.05) is 124 Å². The highest BCUT2D eigenvalue weighted by Gasteiger charge is 1.95. The molecule has 0 aromatic heterocycles. The first-order valence-corrected chi connectivity index (χ1v) is 9.77. The summed E-state index contributed by atoms with van der Waals surface area (Å²) in [4.78, 5) is 0. The Bertz CT molecular complexity index is 165. The van der Waals surface area contributed by atoms with Crippen LogP contribution in [0.1, 0.15) is 124 Å². The van der Waals surface area contributed by atoms with Gasteiger partial charge in [-0.05, 0) is 5.92 Å². The van der Waals surface area contributed by atoms with E-state index in [0.29, 0.717) is 0 Å². The highest BCUT2D eigenvalue weighted by atomic mass is 16.0. The summed E-state index contributed by atoms with van der Waals surface area (Å²) in [6.45, 7) is 6.97. The Hall–Kier alpha value is -0.0400. The maximum atomic E-state index is 2.34. The molecule has 0 aromatic rings. The Morgan fingerprint density at radius 2 is 0.762 bits per heavy atom. The maximum Gasteiger partial charge on any atom is -0.0471 e. The number of hydrogen-bond acceptors (Lipinski definition) is 0. The van der Waals surface area contributed by atoms with Crippen LogP contribution in [0.3, 0.4) is 0 Å². The molecular formula is C20H44O. The third kappa shape index (κ3) is 22.4. The Labute approximate surface area is 135 Å². The van der Waals surface area contributed by atoms with E-state index in [1.54, 1.807) is 0 Å². The lowest BCUT2D eigenvalue weighted by molar-refractivity contribution is 0.502. The van der Waals surface area contributed by atoms with Gasteiger partial charge in [0.15, 0.2) is 0 Å². The lowest BCUT2D eigenvalue weighted by Gasteiger charge is -2.05. The van der Waals surface area contributed by atoms with Crippen molar-refractivity contribution in [3.63, 3.8) is 0 Å². The van der Waals surface area contributed by atoms with Crippen LogP contribution in [0.2, 0.25) is 0 Å². The van der Waals surface area contributed by atoms with Crippen LogP contribution >= 0.6 is 0 Å². The first-order valence-electron chi connectivity index (χ1n) is 9.77. The third-order valence-electron chi connectivity index (χ3n) is 4.39. The molecule has 1 nitrogen and oxygen atoms in total. The van der Waals surface area contributed by atoms with Crippen LogP contribution in [0.25, 0.3) is 0 Å². The molecule has 0 saturated heterocycles. The van der Waals surface area contributed by atoms with E-state index in [2.05, 4.69) is 20.8 Å². The number of rotatable bonds is 16. The van der Waals surface area contributed by atoms with Gasteiger partial charge in [0.25, 0.3) is 0 Å². The van der Waals surface area contributed by atoms with E-state index in [9.17, 15) is 0 Å². The van der Waals surface area contributed by atoms with Gasteiger partial charge >= 0.3 is 0 Å². The van der Waals surface area contributed by atoms with E-state index < -0.39 is 0 Å². The second kappa shape index (κ2) is 20.0. The monoisotopic (exact) mass is 300 g/mol. The first kappa shape index (κ1) is 23.2. The summed E-state index contributed by atoms with van der Waals surface area (Å²) in [5.41, 5.74) is 0. The predicted octanol–water partition coefficient (Wildman–Crippen LogP) is 7.08. The Morgan fingerprint density at radius 1 is 0.476 bits per heavy atom. The van der Waals surface area contributed by atoms with Crippen molar-refractivity contribution in [1.82, 2.24) is 0 Å². The fraction of sp³-hybridized carbons (Fsp3) is 1.00. The van der Waals surface area contributed by atoms with E-state index in [1.807, 2.05) is 0 Å². The van der Waals surface area contributed by atoms with Gasteiger partial charge in [0.2, 0.25) is 0 Å². The van der Waals surface area contributed by atoms with Crippen molar-refractivity contribution in [2.75, 3.05) is 0 Å². The van der Waals surface area contributed by atoms with Gasteiger partial charge < -0.3 is 5.48 Å². The van der Waals surface area contributed by atoms with E-state index in [4.69, 9.17) is 0 Å². The van der Waals surface area contributed by atoms with E-state index in [0.717, 1.165) is 5.92 Å². The summed E-state index contributed by atoms with van der Waals surface area (Å²) in [6.07, 6.45) is 23.5. The van der Waals surface area contributed by atoms with Crippen LogP contribution in [0.15, 0.2) is 0 Å². The number of hydrogen-bond donors (Lipinski definition) is 0. The van der Waals surface area contributed by atoms with Crippen LogP contribution in [0.5, 0.6) is 0 Å². The topological polar surface area (TPSA) is 31.5 Å². The molecule has 0 saturated carbocycles. The third-order valence-corrected chi connectivity index (χ3v) is 4.39. The molecule has 0 amide bonds.